The normalized spacial score (nSPS) is 22.8. The number of hydrogen-bond donors (Lipinski definition) is 2. The predicted octanol–water partition coefficient (Wildman–Crippen LogP) is 2.88. The van der Waals surface area contributed by atoms with E-state index in [1.54, 1.807) is 12.1 Å². The summed E-state index contributed by atoms with van der Waals surface area (Å²) in [5.74, 6) is -0.266. The van der Waals surface area contributed by atoms with E-state index in [1.165, 1.54) is 24.6 Å². The summed E-state index contributed by atoms with van der Waals surface area (Å²) in [6, 6.07) is 7.63. The van der Waals surface area contributed by atoms with Gasteiger partial charge in [-0.1, -0.05) is 48.3 Å². The van der Waals surface area contributed by atoms with Gasteiger partial charge in [0.05, 0.1) is 6.04 Å². The second-order valence-electron chi connectivity index (χ2n) is 6.08. The number of amidine groups is 1. The van der Waals surface area contributed by atoms with Crippen LogP contribution in [-0.4, -0.2) is 28.3 Å². The first-order valence-electron chi connectivity index (χ1n) is 8.16. The average Bonchev–Trinajstić information content (AvgIpc) is 3.17. The second-order valence-corrected chi connectivity index (χ2v) is 7.70. The molecule has 7 heteroatoms. The second kappa shape index (κ2) is 8.03. The molecule has 1 aromatic rings. The van der Waals surface area contributed by atoms with Crippen LogP contribution < -0.4 is 10.6 Å². The van der Waals surface area contributed by atoms with Crippen LogP contribution in [0.4, 0.5) is 0 Å². The monoisotopic (exact) mass is 365 g/mol. The number of amides is 2. The molecule has 2 amide bonds. The summed E-state index contributed by atoms with van der Waals surface area (Å²) in [5.41, 5.74) is 0.972. The highest BCUT2D eigenvalue weighted by Crippen LogP contribution is 2.26. The van der Waals surface area contributed by atoms with Gasteiger partial charge in [-0.2, -0.15) is 0 Å². The number of nitrogens with zero attached hydrogens (tertiary/aromatic N) is 1. The van der Waals surface area contributed by atoms with E-state index in [0.29, 0.717) is 22.8 Å². The van der Waals surface area contributed by atoms with Crippen LogP contribution in [-0.2, 0) is 16.1 Å². The van der Waals surface area contributed by atoms with Crippen molar-refractivity contribution in [2.75, 3.05) is 0 Å². The van der Waals surface area contributed by atoms with Gasteiger partial charge in [0.1, 0.15) is 5.25 Å². The van der Waals surface area contributed by atoms with Crippen LogP contribution in [0.5, 0.6) is 0 Å². The maximum absolute atomic E-state index is 12.1. The molecular weight excluding hydrogens is 346 g/mol. The highest BCUT2D eigenvalue weighted by Gasteiger charge is 2.32. The minimum Gasteiger partial charge on any atom is -0.352 e. The van der Waals surface area contributed by atoms with Gasteiger partial charge in [-0.25, -0.2) is 0 Å². The Morgan fingerprint density at radius 2 is 2.00 bits per heavy atom. The number of aliphatic imine (C=N–C) groups is 1. The van der Waals surface area contributed by atoms with Gasteiger partial charge >= 0.3 is 0 Å². The first kappa shape index (κ1) is 17.3. The molecule has 2 aliphatic rings. The smallest absolute Gasteiger partial charge is 0.240 e. The molecule has 1 aromatic carbocycles. The van der Waals surface area contributed by atoms with Crippen molar-refractivity contribution in [2.45, 2.75) is 49.9 Å². The van der Waals surface area contributed by atoms with Crippen LogP contribution in [0.3, 0.4) is 0 Å². The van der Waals surface area contributed by atoms with Crippen molar-refractivity contribution in [3.8, 4) is 0 Å². The summed E-state index contributed by atoms with van der Waals surface area (Å²) in [6.07, 6.45) is 4.75. The van der Waals surface area contributed by atoms with E-state index in [2.05, 4.69) is 15.6 Å². The first-order chi connectivity index (χ1) is 11.6. The maximum Gasteiger partial charge on any atom is 0.240 e. The summed E-state index contributed by atoms with van der Waals surface area (Å²) in [5, 5.41) is 6.57. The van der Waals surface area contributed by atoms with Crippen LogP contribution in [0.2, 0.25) is 5.02 Å². The summed E-state index contributed by atoms with van der Waals surface area (Å²) in [7, 11) is 0. The van der Waals surface area contributed by atoms with Crippen molar-refractivity contribution in [1.29, 1.82) is 0 Å². The standard InChI is InChI=1S/C17H20ClN3O2S/c18-12-7-5-11(6-8-12)10-19-15(22)9-14-16(23)21-17(24-14)20-13-3-1-2-4-13/h5-8,13-14H,1-4,9-10H2,(H,19,22)(H,20,21,23)/t14-/m0/s1. The Balaban J connectivity index is 1.47. The van der Waals surface area contributed by atoms with Gasteiger partial charge < -0.3 is 10.6 Å². The van der Waals surface area contributed by atoms with Crippen molar-refractivity contribution < 1.29 is 9.59 Å². The molecule has 1 saturated heterocycles. The minimum atomic E-state index is -0.393. The number of carbonyl (C=O) groups is 2. The fourth-order valence-electron chi connectivity index (χ4n) is 2.84. The Morgan fingerprint density at radius 1 is 1.29 bits per heavy atom. The molecule has 2 N–H and O–H groups in total. The zero-order chi connectivity index (χ0) is 16.9. The Labute approximate surface area is 150 Å². The molecule has 0 unspecified atom stereocenters. The van der Waals surface area contributed by atoms with E-state index in [0.717, 1.165) is 18.4 Å². The van der Waals surface area contributed by atoms with Crippen molar-refractivity contribution in [3.63, 3.8) is 0 Å². The van der Waals surface area contributed by atoms with Gasteiger partial charge in [0.25, 0.3) is 0 Å². The third-order valence-electron chi connectivity index (χ3n) is 4.17. The number of rotatable bonds is 5. The molecule has 0 bridgehead atoms. The van der Waals surface area contributed by atoms with E-state index in [4.69, 9.17) is 11.6 Å². The average molecular weight is 366 g/mol. The lowest BCUT2D eigenvalue weighted by atomic mass is 10.2. The molecule has 3 rings (SSSR count). The Kier molecular flexibility index (Phi) is 5.79. The van der Waals surface area contributed by atoms with Gasteiger partial charge in [0.2, 0.25) is 11.8 Å². The van der Waals surface area contributed by atoms with E-state index < -0.39 is 5.25 Å². The number of halogens is 1. The summed E-state index contributed by atoms with van der Waals surface area (Å²) in [6.45, 7) is 0.429. The fourth-order valence-corrected chi connectivity index (χ4v) is 4.01. The molecule has 128 valence electrons. The molecule has 1 heterocycles. The van der Waals surface area contributed by atoms with Crippen LogP contribution in [0.15, 0.2) is 29.3 Å². The number of thioether (sulfide) groups is 1. The third-order valence-corrected chi connectivity index (χ3v) is 5.52. The van der Waals surface area contributed by atoms with Gasteiger partial charge in [-0.3, -0.25) is 14.6 Å². The van der Waals surface area contributed by atoms with Crippen LogP contribution >= 0.6 is 23.4 Å². The first-order valence-corrected chi connectivity index (χ1v) is 9.42. The zero-order valence-corrected chi connectivity index (χ0v) is 14.8. The van der Waals surface area contributed by atoms with Crippen LogP contribution in [0.1, 0.15) is 37.7 Å². The minimum absolute atomic E-state index is 0.126. The van der Waals surface area contributed by atoms with Crippen molar-refractivity contribution in [2.24, 2.45) is 4.99 Å². The molecule has 0 aromatic heterocycles. The highest BCUT2D eigenvalue weighted by atomic mass is 35.5. The van der Waals surface area contributed by atoms with Crippen LogP contribution in [0.25, 0.3) is 0 Å². The fraction of sp³-hybridized carbons (Fsp3) is 0.471. The van der Waals surface area contributed by atoms with Crippen molar-refractivity contribution in [1.82, 2.24) is 10.6 Å². The molecule has 0 radical (unpaired) electrons. The molecule has 1 saturated carbocycles. The molecular formula is C17H20ClN3O2S. The topological polar surface area (TPSA) is 70.6 Å². The van der Waals surface area contributed by atoms with Gasteiger partial charge in [-0.05, 0) is 30.5 Å². The lowest BCUT2D eigenvalue weighted by molar-refractivity contribution is -0.125. The molecule has 24 heavy (non-hydrogen) atoms. The van der Waals surface area contributed by atoms with Gasteiger partial charge in [-0.15, -0.1) is 0 Å². The molecule has 5 nitrogen and oxygen atoms in total. The highest BCUT2D eigenvalue weighted by molar-refractivity contribution is 8.15. The molecule has 1 atom stereocenters. The number of nitrogens with one attached hydrogen (secondary N) is 2. The Bertz CT molecular complexity index is 642. The summed E-state index contributed by atoms with van der Waals surface area (Å²) < 4.78 is 0. The molecule has 0 spiro atoms. The summed E-state index contributed by atoms with van der Waals surface area (Å²) in [4.78, 5) is 28.7. The Hall–Kier alpha value is -1.53. The lowest BCUT2D eigenvalue weighted by Crippen LogP contribution is -2.31. The third kappa shape index (κ3) is 4.74. The number of hydrogen-bond acceptors (Lipinski definition) is 4. The lowest BCUT2D eigenvalue weighted by Gasteiger charge is -2.07. The van der Waals surface area contributed by atoms with E-state index >= 15 is 0 Å². The molecule has 2 fully saturated rings. The van der Waals surface area contributed by atoms with Crippen molar-refractivity contribution in [3.05, 3.63) is 34.9 Å². The van der Waals surface area contributed by atoms with Crippen molar-refractivity contribution >= 4 is 40.3 Å². The zero-order valence-electron chi connectivity index (χ0n) is 13.3. The largest absolute Gasteiger partial charge is 0.352 e. The molecule has 1 aliphatic heterocycles. The molecule has 1 aliphatic carbocycles. The van der Waals surface area contributed by atoms with E-state index in [9.17, 15) is 9.59 Å². The SMILES string of the molecule is O=C(C[C@@H]1SC(=NC2CCCC2)NC1=O)NCc1ccc(Cl)cc1. The van der Waals surface area contributed by atoms with Crippen LogP contribution in [0, 0.1) is 0 Å². The van der Waals surface area contributed by atoms with Gasteiger partial charge in [0, 0.05) is 18.0 Å². The number of benzene rings is 1. The van der Waals surface area contributed by atoms with E-state index in [1.807, 2.05) is 12.1 Å². The maximum atomic E-state index is 12.1. The summed E-state index contributed by atoms with van der Waals surface area (Å²) >= 11 is 7.20. The van der Waals surface area contributed by atoms with Gasteiger partial charge in [0.15, 0.2) is 5.17 Å². The van der Waals surface area contributed by atoms with E-state index in [-0.39, 0.29) is 18.2 Å². The quantitative estimate of drug-likeness (QED) is 0.842. The Morgan fingerprint density at radius 3 is 2.71 bits per heavy atom. The predicted molar refractivity (Wildman–Crippen MR) is 97.1 cm³/mol. The number of carbonyl (C=O) groups excluding carboxylic acids is 2.